The first kappa shape index (κ1) is 14.7. The highest BCUT2D eigenvalue weighted by Crippen LogP contribution is 2.31. The van der Waals surface area contributed by atoms with Crippen LogP contribution in [0.2, 0.25) is 0 Å². The van der Waals surface area contributed by atoms with E-state index in [0.717, 1.165) is 5.69 Å². The summed E-state index contributed by atoms with van der Waals surface area (Å²) >= 11 is 0. The summed E-state index contributed by atoms with van der Waals surface area (Å²) in [7, 11) is 1.64. The van der Waals surface area contributed by atoms with Gasteiger partial charge in [-0.05, 0) is 37.0 Å². The fourth-order valence-corrected chi connectivity index (χ4v) is 3.05. The van der Waals surface area contributed by atoms with Crippen LogP contribution in [0.15, 0.2) is 18.2 Å². The predicted octanol–water partition coefficient (Wildman–Crippen LogP) is 3.01. The van der Waals surface area contributed by atoms with Crippen molar-refractivity contribution in [2.24, 2.45) is 5.92 Å². The Hall–Kier alpha value is -1.71. The van der Waals surface area contributed by atoms with Crippen molar-refractivity contribution in [3.63, 3.8) is 0 Å². The summed E-state index contributed by atoms with van der Waals surface area (Å²) in [5.41, 5.74) is 8.28. The summed E-state index contributed by atoms with van der Waals surface area (Å²) in [4.78, 5) is 11.7. The molecule has 2 unspecified atom stereocenters. The lowest BCUT2D eigenvalue weighted by Gasteiger charge is -2.32. The first-order valence-corrected chi connectivity index (χ1v) is 7.53. The van der Waals surface area contributed by atoms with Crippen LogP contribution in [0.25, 0.3) is 0 Å². The van der Waals surface area contributed by atoms with Crippen LogP contribution in [-0.4, -0.2) is 19.0 Å². The van der Waals surface area contributed by atoms with Crippen LogP contribution < -0.4 is 16.4 Å². The molecule has 1 aliphatic rings. The van der Waals surface area contributed by atoms with E-state index in [-0.39, 0.29) is 5.91 Å². The summed E-state index contributed by atoms with van der Waals surface area (Å²) in [6.07, 6.45) is 6.24. The number of carbonyl (C=O) groups is 1. The maximum atomic E-state index is 11.7. The van der Waals surface area contributed by atoms with E-state index in [2.05, 4.69) is 17.6 Å². The minimum absolute atomic E-state index is 0.0799. The Morgan fingerprint density at radius 1 is 1.35 bits per heavy atom. The van der Waals surface area contributed by atoms with E-state index in [1.807, 2.05) is 6.07 Å². The number of hydrogen-bond donors (Lipinski definition) is 3. The van der Waals surface area contributed by atoms with Gasteiger partial charge < -0.3 is 16.4 Å². The van der Waals surface area contributed by atoms with E-state index in [9.17, 15) is 4.79 Å². The minimum atomic E-state index is -0.0799. The molecule has 110 valence electrons. The number of nitrogens with two attached hydrogens (primary N) is 1. The molecule has 2 atom stereocenters. The van der Waals surface area contributed by atoms with Crippen molar-refractivity contribution < 1.29 is 4.79 Å². The predicted molar refractivity (Wildman–Crippen MR) is 83.9 cm³/mol. The van der Waals surface area contributed by atoms with Crippen LogP contribution in [-0.2, 0) is 0 Å². The van der Waals surface area contributed by atoms with Crippen LogP contribution in [0, 0.1) is 5.92 Å². The summed E-state index contributed by atoms with van der Waals surface area (Å²) < 4.78 is 0. The van der Waals surface area contributed by atoms with Crippen LogP contribution >= 0.6 is 0 Å². The average molecular weight is 275 g/mol. The van der Waals surface area contributed by atoms with Crippen molar-refractivity contribution in [2.45, 2.75) is 45.1 Å². The van der Waals surface area contributed by atoms with E-state index < -0.39 is 0 Å². The second kappa shape index (κ2) is 6.64. The van der Waals surface area contributed by atoms with Gasteiger partial charge in [0.2, 0.25) is 0 Å². The Kier molecular flexibility index (Phi) is 4.88. The van der Waals surface area contributed by atoms with Gasteiger partial charge in [0.25, 0.3) is 5.91 Å². The topological polar surface area (TPSA) is 67.2 Å². The fraction of sp³-hybridized carbons (Fsp3) is 0.562. The number of hydrogen-bond acceptors (Lipinski definition) is 3. The monoisotopic (exact) mass is 275 g/mol. The van der Waals surface area contributed by atoms with Gasteiger partial charge in [0.15, 0.2) is 0 Å². The Balaban J connectivity index is 2.17. The number of nitrogens with one attached hydrogen (secondary N) is 2. The summed E-state index contributed by atoms with van der Waals surface area (Å²) in [5.74, 6) is 0.621. The molecule has 4 N–H and O–H groups in total. The molecule has 0 aliphatic heterocycles. The lowest BCUT2D eigenvalue weighted by Crippen LogP contribution is -2.32. The van der Waals surface area contributed by atoms with E-state index in [0.29, 0.717) is 23.2 Å². The zero-order chi connectivity index (χ0) is 14.5. The van der Waals surface area contributed by atoms with E-state index in [1.165, 1.54) is 32.1 Å². The van der Waals surface area contributed by atoms with Gasteiger partial charge in [-0.25, -0.2) is 0 Å². The molecule has 20 heavy (non-hydrogen) atoms. The zero-order valence-electron chi connectivity index (χ0n) is 12.4. The number of nitrogen functional groups attached to an aromatic ring is 1. The van der Waals surface area contributed by atoms with Crippen molar-refractivity contribution in [3.05, 3.63) is 23.8 Å². The molecule has 1 aromatic carbocycles. The van der Waals surface area contributed by atoms with Crippen LogP contribution in [0.4, 0.5) is 11.4 Å². The van der Waals surface area contributed by atoms with Crippen LogP contribution in [0.3, 0.4) is 0 Å². The lowest BCUT2D eigenvalue weighted by atomic mass is 9.82. The molecule has 1 aromatic rings. The van der Waals surface area contributed by atoms with Crippen molar-refractivity contribution in [2.75, 3.05) is 18.1 Å². The van der Waals surface area contributed by atoms with Gasteiger partial charge >= 0.3 is 0 Å². The maximum Gasteiger partial charge on any atom is 0.251 e. The van der Waals surface area contributed by atoms with Gasteiger partial charge in [0, 0.05) is 18.7 Å². The highest BCUT2D eigenvalue weighted by molar-refractivity contribution is 5.96. The Bertz CT molecular complexity index is 473. The van der Waals surface area contributed by atoms with Crippen LogP contribution in [0.5, 0.6) is 0 Å². The molecule has 4 nitrogen and oxygen atoms in total. The smallest absolute Gasteiger partial charge is 0.251 e. The molecule has 0 aromatic heterocycles. The number of rotatable bonds is 4. The van der Waals surface area contributed by atoms with Crippen molar-refractivity contribution >= 4 is 17.3 Å². The Labute approximate surface area is 121 Å². The Morgan fingerprint density at radius 2 is 2.10 bits per heavy atom. The van der Waals surface area contributed by atoms with E-state index >= 15 is 0 Å². The van der Waals surface area contributed by atoms with Crippen molar-refractivity contribution in [3.8, 4) is 0 Å². The van der Waals surface area contributed by atoms with E-state index in [1.54, 1.807) is 19.2 Å². The molecule has 0 radical (unpaired) electrons. The summed E-state index contributed by atoms with van der Waals surface area (Å²) in [5, 5.41) is 6.21. The highest BCUT2D eigenvalue weighted by Gasteiger charge is 2.24. The minimum Gasteiger partial charge on any atom is -0.397 e. The van der Waals surface area contributed by atoms with E-state index in [4.69, 9.17) is 5.73 Å². The molecule has 0 heterocycles. The first-order chi connectivity index (χ1) is 9.65. The summed E-state index contributed by atoms with van der Waals surface area (Å²) in [6, 6.07) is 5.89. The summed E-state index contributed by atoms with van der Waals surface area (Å²) in [6.45, 7) is 2.25. The third-order valence-electron chi connectivity index (χ3n) is 4.32. The number of amides is 1. The fourth-order valence-electron chi connectivity index (χ4n) is 3.05. The lowest BCUT2D eigenvalue weighted by molar-refractivity contribution is 0.0963. The van der Waals surface area contributed by atoms with Gasteiger partial charge in [0.05, 0.1) is 11.4 Å². The first-order valence-electron chi connectivity index (χ1n) is 7.53. The van der Waals surface area contributed by atoms with Gasteiger partial charge in [-0.15, -0.1) is 0 Å². The molecule has 0 bridgehead atoms. The van der Waals surface area contributed by atoms with Crippen molar-refractivity contribution in [1.82, 2.24) is 5.32 Å². The second-order valence-electron chi connectivity index (χ2n) is 5.58. The number of carbonyl (C=O) groups excluding carboxylic acids is 1. The normalized spacial score (nSPS) is 22.3. The zero-order valence-corrected chi connectivity index (χ0v) is 12.4. The third-order valence-corrected chi connectivity index (χ3v) is 4.32. The van der Waals surface area contributed by atoms with Gasteiger partial charge in [-0.1, -0.05) is 26.2 Å². The largest absolute Gasteiger partial charge is 0.397 e. The van der Waals surface area contributed by atoms with Gasteiger partial charge in [-0.2, -0.15) is 0 Å². The molecule has 1 fully saturated rings. The highest BCUT2D eigenvalue weighted by atomic mass is 16.1. The SMILES string of the molecule is CCC1CCCCC1Nc1cc(C(=O)NC)ccc1N. The molecule has 1 saturated carbocycles. The number of benzene rings is 1. The molecule has 4 heteroatoms. The Morgan fingerprint density at radius 3 is 2.80 bits per heavy atom. The molecular formula is C16H25N3O. The van der Waals surface area contributed by atoms with Crippen LogP contribution in [0.1, 0.15) is 49.4 Å². The molecule has 1 aliphatic carbocycles. The third kappa shape index (κ3) is 3.24. The van der Waals surface area contributed by atoms with Crippen molar-refractivity contribution in [1.29, 1.82) is 0 Å². The molecule has 0 spiro atoms. The molecule has 1 amide bonds. The molecule has 0 saturated heterocycles. The molecular weight excluding hydrogens is 250 g/mol. The number of anilines is 2. The standard InChI is InChI=1S/C16H25N3O/c1-3-11-6-4-5-7-14(11)19-15-10-12(16(20)18-2)8-9-13(15)17/h8-11,14,19H,3-7,17H2,1-2H3,(H,18,20). The molecule has 2 rings (SSSR count). The average Bonchev–Trinajstić information content (AvgIpc) is 2.49. The second-order valence-corrected chi connectivity index (χ2v) is 5.58. The van der Waals surface area contributed by atoms with Gasteiger partial charge in [-0.3, -0.25) is 4.79 Å². The quantitative estimate of drug-likeness (QED) is 0.740. The maximum absolute atomic E-state index is 11.7. The van der Waals surface area contributed by atoms with Gasteiger partial charge in [0.1, 0.15) is 0 Å².